The molecule has 1 aliphatic rings. The second-order valence-corrected chi connectivity index (χ2v) is 3.70. The molecule has 1 unspecified atom stereocenters. The highest BCUT2D eigenvalue weighted by Gasteiger charge is 2.33. The lowest BCUT2D eigenvalue weighted by Crippen LogP contribution is -2.16. The summed E-state index contributed by atoms with van der Waals surface area (Å²) in [5.41, 5.74) is 0.864. The Labute approximate surface area is 89.4 Å². The van der Waals surface area contributed by atoms with E-state index in [9.17, 15) is 4.79 Å². The third-order valence-electron chi connectivity index (χ3n) is 1.84. The van der Waals surface area contributed by atoms with Crippen LogP contribution < -0.4 is 0 Å². The van der Waals surface area contributed by atoms with E-state index in [0.29, 0.717) is 6.61 Å². The third-order valence-corrected chi connectivity index (χ3v) is 2.91. The van der Waals surface area contributed by atoms with Gasteiger partial charge in [-0.3, -0.25) is 4.98 Å². The summed E-state index contributed by atoms with van der Waals surface area (Å²) >= 11 is 1.94. The Bertz CT molecular complexity index is 317. The molecule has 0 saturated carbocycles. The molecule has 1 atom stereocenters. The Morgan fingerprint density at radius 2 is 2.46 bits per heavy atom. The van der Waals surface area contributed by atoms with Gasteiger partial charge in [-0.2, -0.15) is 0 Å². The number of halogens is 1. The summed E-state index contributed by atoms with van der Waals surface area (Å²) in [4.78, 5) is 15.2. The highest BCUT2D eigenvalue weighted by molar-refractivity contribution is 14.1. The van der Waals surface area contributed by atoms with Gasteiger partial charge in [0.1, 0.15) is 12.6 Å². The number of hydrogen-bond donors (Lipinski definition) is 0. The monoisotopic (exact) mass is 290 g/mol. The van der Waals surface area contributed by atoms with Crippen LogP contribution >= 0.6 is 22.9 Å². The van der Waals surface area contributed by atoms with E-state index in [-0.39, 0.29) is 12.1 Å². The smallest absolute Gasteiger partial charge is 0.419 e. The number of nitrogens with zero attached hydrogens (tertiary/aromatic N) is 2. The lowest BCUT2D eigenvalue weighted by molar-refractivity contribution is 0.172. The van der Waals surface area contributed by atoms with Crippen LogP contribution in [0.2, 0.25) is 0 Å². The highest BCUT2D eigenvalue weighted by Crippen LogP contribution is 2.28. The van der Waals surface area contributed by atoms with Crippen molar-refractivity contribution in [1.29, 1.82) is 0 Å². The fourth-order valence-electron chi connectivity index (χ4n) is 1.18. The molecule has 1 aliphatic heterocycles. The van der Waals surface area contributed by atoms with Crippen LogP contribution in [0.3, 0.4) is 0 Å². The molecule has 0 aliphatic carbocycles. The minimum Gasteiger partial charge on any atom is -0.446 e. The van der Waals surface area contributed by atoms with Gasteiger partial charge in [-0.25, -0.2) is 7.91 Å². The Balaban J connectivity index is 2.24. The number of rotatable bonds is 1. The third kappa shape index (κ3) is 1.60. The zero-order chi connectivity index (χ0) is 9.26. The van der Waals surface area contributed by atoms with Crippen LogP contribution in [0.5, 0.6) is 0 Å². The summed E-state index contributed by atoms with van der Waals surface area (Å²) < 4.78 is 6.40. The molecular formula is C8H7IN2O2. The van der Waals surface area contributed by atoms with Crippen molar-refractivity contribution < 1.29 is 9.53 Å². The molecule has 0 bridgehead atoms. The van der Waals surface area contributed by atoms with Crippen molar-refractivity contribution in [2.24, 2.45) is 0 Å². The van der Waals surface area contributed by atoms with Crippen LogP contribution in [0.25, 0.3) is 0 Å². The van der Waals surface area contributed by atoms with Gasteiger partial charge in [-0.1, -0.05) is 6.07 Å². The minimum atomic E-state index is -0.295. The molecule has 1 amide bonds. The maximum Gasteiger partial charge on any atom is 0.419 e. The molecule has 0 aromatic carbocycles. The minimum absolute atomic E-state index is 0.0469. The van der Waals surface area contributed by atoms with Gasteiger partial charge in [-0.05, 0) is 12.1 Å². The Morgan fingerprint density at radius 1 is 1.62 bits per heavy atom. The summed E-state index contributed by atoms with van der Waals surface area (Å²) in [6, 6.07) is 5.58. The standard InChI is InChI=1S/C8H7IN2O2/c9-11-7(5-13-8(11)12)6-3-1-2-4-10-6/h1-4,7H,5H2. The van der Waals surface area contributed by atoms with Crippen LogP contribution in [0.4, 0.5) is 4.79 Å². The van der Waals surface area contributed by atoms with E-state index in [1.807, 2.05) is 41.1 Å². The van der Waals surface area contributed by atoms with Crippen LogP contribution in [-0.2, 0) is 4.74 Å². The molecule has 5 heteroatoms. The van der Waals surface area contributed by atoms with E-state index in [1.54, 1.807) is 6.20 Å². The van der Waals surface area contributed by atoms with Crippen molar-refractivity contribution in [3.8, 4) is 0 Å². The molecule has 1 aromatic rings. The van der Waals surface area contributed by atoms with Crippen molar-refractivity contribution in [1.82, 2.24) is 8.10 Å². The van der Waals surface area contributed by atoms with Crippen LogP contribution in [0.15, 0.2) is 24.4 Å². The molecule has 2 rings (SSSR count). The fraction of sp³-hybridized carbons (Fsp3) is 0.250. The molecule has 0 radical (unpaired) electrons. The lowest BCUT2D eigenvalue weighted by Gasteiger charge is -2.12. The zero-order valence-electron chi connectivity index (χ0n) is 6.68. The molecule has 1 aromatic heterocycles. The number of pyridine rings is 1. The fourth-order valence-corrected chi connectivity index (χ4v) is 1.76. The molecule has 0 N–H and O–H groups in total. The van der Waals surface area contributed by atoms with Crippen molar-refractivity contribution >= 4 is 29.0 Å². The van der Waals surface area contributed by atoms with E-state index in [1.165, 1.54) is 3.11 Å². The average molecular weight is 290 g/mol. The molecular weight excluding hydrogens is 283 g/mol. The van der Waals surface area contributed by atoms with E-state index in [0.717, 1.165) is 5.69 Å². The van der Waals surface area contributed by atoms with Crippen molar-refractivity contribution in [3.05, 3.63) is 30.1 Å². The maximum absolute atomic E-state index is 11.0. The van der Waals surface area contributed by atoms with Crippen molar-refractivity contribution in [2.45, 2.75) is 6.04 Å². The molecule has 4 nitrogen and oxygen atoms in total. The quantitative estimate of drug-likeness (QED) is 0.586. The van der Waals surface area contributed by atoms with Gasteiger partial charge < -0.3 is 4.74 Å². The predicted octanol–water partition coefficient (Wildman–Crippen LogP) is 1.92. The number of hydrogen-bond acceptors (Lipinski definition) is 3. The highest BCUT2D eigenvalue weighted by atomic mass is 127. The first-order chi connectivity index (χ1) is 6.29. The second kappa shape index (κ2) is 3.49. The average Bonchev–Trinajstić information content (AvgIpc) is 2.49. The Hall–Kier alpha value is -0.850. The van der Waals surface area contributed by atoms with Crippen LogP contribution in [-0.4, -0.2) is 20.8 Å². The first kappa shape index (κ1) is 8.74. The van der Waals surface area contributed by atoms with E-state index in [4.69, 9.17) is 4.74 Å². The Kier molecular flexibility index (Phi) is 2.34. The van der Waals surface area contributed by atoms with Gasteiger partial charge in [0.25, 0.3) is 0 Å². The van der Waals surface area contributed by atoms with E-state index in [2.05, 4.69) is 4.98 Å². The van der Waals surface area contributed by atoms with Crippen LogP contribution in [0, 0.1) is 0 Å². The number of ether oxygens (including phenoxy) is 1. The number of aromatic nitrogens is 1. The molecule has 13 heavy (non-hydrogen) atoms. The van der Waals surface area contributed by atoms with Crippen LogP contribution in [0.1, 0.15) is 11.7 Å². The van der Waals surface area contributed by atoms with Gasteiger partial charge in [0.15, 0.2) is 0 Å². The topological polar surface area (TPSA) is 42.4 Å². The van der Waals surface area contributed by atoms with Crippen molar-refractivity contribution in [2.75, 3.05) is 6.61 Å². The molecule has 1 saturated heterocycles. The zero-order valence-corrected chi connectivity index (χ0v) is 8.84. The van der Waals surface area contributed by atoms with Gasteiger partial charge in [0.2, 0.25) is 0 Å². The molecule has 1 fully saturated rings. The summed E-state index contributed by atoms with van der Waals surface area (Å²) in [6.07, 6.45) is 1.42. The largest absolute Gasteiger partial charge is 0.446 e. The summed E-state index contributed by atoms with van der Waals surface area (Å²) in [5.74, 6) is 0. The molecule has 68 valence electrons. The molecule has 2 heterocycles. The number of cyclic esters (lactones) is 1. The SMILES string of the molecule is O=C1OCC(c2ccccn2)N1I. The van der Waals surface area contributed by atoms with Gasteiger partial charge >= 0.3 is 6.09 Å². The summed E-state index contributed by atoms with van der Waals surface area (Å²) in [7, 11) is 0. The first-order valence-electron chi connectivity index (χ1n) is 3.82. The normalized spacial score (nSPS) is 21.8. The predicted molar refractivity (Wildman–Crippen MR) is 54.2 cm³/mol. The lowest BCUT2D eigenvalue weighted by atomic mass is 10.2. The van der Waals surface area contributed by atoms with Gasteiger partial charge in [0, 0.05) is 6.20 Å². The Morgan fingerprint density at radius 3 is 3.00 bits per heavy atom. The number of carbonyl (C=O) groups excluding carboxylic acids is 1. The number of amides is 1. The maximum atomic E-state index is 11.0. The van der Waals surface area contributed by atoms with Crippen molar-refractivity contribution in [3.63, 3.8) is 0 Å². The number of carbonyl (C=O) groups is 1. The summed E-state index contributed by atoms with van der Waals surface area (Å²) in [5, 5.41) is 0. The van der Waals surface area contributed by atoms with E-state index < -0.39 is 0 Å². The van der Waals surface area contributed by atoms with Gasteiger partial charge in [0.05, 0.1) is 28.6 Å². The summed E-state index contributed by atoms with van der Waals surface area (Å²) in [6.45, 7) is 0.388. The first-order valence-corrected chi connectivity index (χ1v) is 4.78. The second-order valence-electron chi connectivity index (χ2n) is 2.66. The van der Waals surface area contributed by atoms with Gasteiger partial charge in [-0.15, -0.1) is 0 Å². The molecule has 0 spiro atoms. The van der Waals surface area contributed by atoms with E-state index >= 15 is 0 Å².